The van der Waals surface area contributed by atoms with E-state index in [0.717, 1.165) is 12.1 Å². The Balaban J connectivity index is 2.16. The summed E-state index contributed by atoms with van der Waals surface area (Å²) in [5.74, 6) is -1.29. The molecular formula is C16H10F3N2O3+. The summed E-state index contributed by atoms with van der Waals surface area (Å²) < 4.78 is 39.3. The van der Waals surface area contributed by atoms with Crippen LogP contribution in [0, 0.1) is 5.92 Å². The van der Waals surface area contributed by atoms with Gasteiger partial charge in [0.2, 0.25) is 6.21 Å². The fourth-order valence-corrected chi connectivity index (χ4v) is 2.54. The van der Waals surface area contributed by atoms with E-state index in [1.54, 1.807) is 0 Å². The summed E-state index contributed by atoms with van der Waals surface area (Å²) in [6.07, 6.45) is -0.517. The van der Waals surface area contributed by atoms with Gasteiger partial charge < -0.3 is 5.11 Å². The van der Waals surface area contributed by atoms with E-state index >= 15 is 0 Å². The lowest BCUT2D eigenvalue weighted by Crippen LogP contribution is -2.35. The second-order valence-corrected chi connectivity index (χ2v) is 5.18. The molecule has 0 saturated heterocycles. The molecule has 1 aliphatic heterocycles. The van der Waals surface area contributed by atoms with Gasteiger partial charge in [-0.25, -0.2) is 0 Å². The molecule has 1 heterocycles. The normalized spacial score (nSPS) is 20.0. The van der Waals surface area contributed by atoms with Crippen LogP contribution in [-0.2, 0) is 11.0 Å². The number of carboxylic acid groups (broad SMARTS) is 1. The maximum absolute atomic E-state index is 12.9. The van der Waals surface area contributed by atoms with Crippen LogP contribution in [0.4, 0.5) is 18.0 Å². The highest BCUT2D eigenvalue weighted by Gasteiger charge is 2.39. The van der Waals surface area contributed by atoms with Gasteiger partial charge >= 0.3 is 12.3 Å². The molecule has 1 aliphatic carbocycles. The van der Waals surface area contributed by atoms with Gasteiger partial charge in [-0.2, -0.15) is 18.0 Å². The van der Waals surface area contributed by atoms with Gasteiger partial charge in [-0.15, -0.1) is 0 Å². The molecule has 1 N–H and O–H groups in total. The summed E-state index contributed by atoms with van der Waals surface area (Å²) >= 11 is 0. The second kappa shape index (κ2) is 5.55. The lowest BCUT2D eigenvalue weighted by molar-refractivity contribution is -0.445. The van der Waals surface area contributed by atoms with Gasteiger partial charge in [-0.05, 0) is 18.2 Å². The van der Waals surface area contributed by atoms with Crippen molar-refractivity contribution in [2.75, 3.05) is 0 Å². The van der Waals surface area contributed by atoms with Gasteiger partial charge in [0.25, 0.3) is 0 Å². The van der Waals surface area contributed by atoms with Crippen molar-refractivity contribution in [2.45, 2.75) is 6.18 Å². The van der Waals surface area contributed by atoms with Crippen LogP contribution < -0.4 is 0 Å². The Labute approximate surface area is 133 Å². The summed E-state index contributed by atoms with van der Waals surface area (Å²) in [5.41, 5.74) is -0.536. The summed E-state index contributed by atoms with van der Waals surface area (Å²) in [4.78, 5) is 23.3. The number of carbonyl (C=O) groups excluding carboxylic acids is 1. The predicted octanol–water partition coefficient (Wildman–Crippen LogP) is 2.87. The minimum atomic E-state index is -4.56. The number of ketones is 1. The first-order chi connectivity index (χ1) is 11.3. The van der Waals surface area contributed by atoms with E-state index in [9.17, 15) is 22.8 Å². The molecule has 0 bridgehead atoms. The first-order valence-electron chi connectivity index (χ1n) is 6.82. The van der Waals surface area contributed by atoms with Crippen LogP contribution in [0.25, 0.3) is 0 Å². The molecule has 1 unspecified atom stereocenters. The lowest BCUT2D eigenvalue weighted by Gasteiger charge is -2.20. The largest absolute Gasteiger partial charge is 0.625 e. The van der Waals surface area contributed by atoms with Crippen LogP contribution in [0.3, 0.4) is 0 Å². The molecule has 0 saturated carbocycles. The van der Waals surface area contributed by atoms with Crippen LogP contribution in [0.1, 0.15) is 11.1 Å². The topological polar surface area (TPSA) is 69.7 Å². The number of nitrogens with zero attached hydrogens (tertiary/aromatic N) is 2. The zero-order valence-corrected chi connectivity index (χ0v) is 12.0. The van der Waals surface area contributed by atoms with Gasteiger partial charge in [0, 0.05) is 20.9 Å². The quantitative estimate of drug-likeness (QED) is 0.802. The highest BCUT2D eigenvalue weighted by molar-refractivity contribution is 6.22. The van der Waals surface area contributed by atoms with E-state index in [1.165, 1.54) is 36.6 Å². The third-order valence-corrected chi connectivity index (χ3v) is 3.61. The summed E-state index contributed by atoms with van der Waals surface area (Å²) in [6, 6.07) is 4.31. The molecule has 3 rings (SSSR count). The molecule has 0 spiro atoms. The van der Waals surface area contributed by atoms with E-state index in [1.807, 2.05) is 0 Å². The van der Waals surface area contributed by atoms with E-state index in [-0.39, 0.29) is 17.1 Å². The predicted molar refractivity (Wildman–Crippen MR) is 78.1 cm³/mol. The highest BCUT2D eigenvalue weighted by atomic mass is 19.4. The molecule has 2 aliphatic rings. The number of hydrogen-bond donors (Lipinski definition) is 1. The number of carbonyl (C=O) groups is 2. The fraction of sp³-hybridized carbons (Fsp3) is 0.125. The van der Waals surface area contributed by atoms with Crippen molar-refractivity contribution >= 4 is 23.8 Å². The van der Waals surface area contributed by atoms with Crippen molar-refractivity contribution in [3.8, 4) is 0 Å². The van der Waals surface area contributed by atoms with Gasteiger partial charge in [-0.1, -0.05) is 24.3 Å². The molecule has 1 amide bonds. The van der Waals surface area contributed by atoms with Crippen LogP contribution >= 0.6 is 0 Å². The third-order valence-electron chi connectivity index (χ3n) is 3.61. The molecule has 1 aromatic rings. The molecular weight excluding hydrogens is 325 g/mol. The standard InChI is InChI=1S/C16H9F3N2O3/c17-16(18,19)11-5-1-3-9(7-11)14-13-10(4-2-6-12(13)22)8-21(20-14)15(23)24/h1-8,13H/p+1. The number of amides is 1. The van der Waals surface area contributed by atoms with E-state index in [2.05, 4.69) is 5.10 Å². The average Bonchev–Trinajstić information content (AvgIpc) is 2.53. The molecule has 1 atom stereocenters. The Morgan fingerprint density at radius 2 is 2.04 bits per heavy atom. The number of rotatable bonds is 1. The maximum atomic E-state index is 12.9. The second-order valence-electron chi connectivity index (χ2n) is 5.18. The number of hydrogen-bond acceptors (Lipinski definition) is 3. The Bertz CT molecular complexity index is 864. The molecule has 1 aromatic carbocycles. The van der Waals surface area contributed by atoms with Crippen molar-refractivity contribution in [2.24, 2.45) is 11.0 Å². The summed E-state index contributed by atoms with van der Waals surface area (Å²) in [7, 11) is 0. The third kappa shape index (κ3) is 2.78. The number of hydrazone groups is 1. The summed E-state index contributed by atoms with van der Waals surface area (Å²) in [5, 5.41) is 13.0. The minimum absolute atomic E-state index is 0.0356. The van der Waals surface area contributed by atoms with E-state index in [0.29, 0.717) is 10.3 Å². The molecule has 5 nitrogen and oxygen atoms in total. The van der Waals surface area contributed by atoms with Crippen molar-refractivity contribution in [3.63, 3.8) is 0 Å². The van der Waals surface area contributed by atoms with Crippen molar-refractivity contribution in [1.29, 1.82) is 0 Å². The van der Waals surface area contributed by atoms with Gasteiger partial charge in [0.15, 0.2) is 5.78 Å². The Kier molecular flexibility index (Phi) is 3.67. The molecule has 8 heteroatoms. The zero-order valence-electron chi connectivity index (χ0n) is 12.0. The van der Waals surface area contributed by atoms with Crippen molar-refractivity contribution in [1.82, 2.24) is 0 Å². The monoisotopic (exact) mass is 335 g/mol. The van der Waals surface area contributed by atoms with E-state index in [4.69, 9.17) is 5.11 Å². The first-order valence-corrected chi connectivity index (χ1v) is 6.82. The number of halogens is 3. The number of fused-ring (bicyclic) bond motifs is 1. The van der Waals surface area contributed by atoms with Crippen molar-refractivity contribution in [3.05, 3.63) is 59.2 Å². The van der Waals surface area contributed by atoms with Crippen LogP contribution in [0.2, 0.25) is 0 Å². The zero-order chi connectivity index (χ0) is 17.5. The summed E-state index contributed by atoms with van der Waals surface area (Å²) in [6.45, 7) is 0. The Morgan fingerprint density at radius 3 is 2.71 bits per heavy atom. The molecule has 122 valence electrons. The fourth-order valence-electron chi connectivity index (χ4n) is 2.54. The van der Waals surface area contributed by atoms with Gasteiger partial charge in [0.05, 0.1) is 5.56 Å². The number of allylic oxidation sites excluding steroid dienone is 4. The van der Waals surface area contributed by atoms with Crippen LogP contribution in [-0.4, -0.2) is 33.6 Å². The minimum Gasteiger partial charge on any atom is -0.425 e. The number of alkyl halides is 3. The first kappa shape index (κ1) is 15.9. The Hall–Kier alpha value is -3.03. The Morgan fingerprint density at radius 1 is 1.29 bits per heavy atom. The molecule has 0 fully saturated rings. The average molecular weight is 335 g/mol. The molecule has 24 heavy (non-hydrogen) atoms. The number of benzene rings is 1. The van der Waals surface area contributed by atoms with E-state index < -0.39 is 23.8 Å². The molecule has 0 radical (unpaired) electrons. The van der Waals surface area contributed by atoms with Crippen molar-refractivity contribution < 1.29 is 32.6 Å². The SMILES string of the molecule is O=C1C=CC=C2C=[N+](C(=O)O)N=C(c3cccc(C(F)(F)F)c3)C12. The maximum Gasteiger partial charge on any atom is 0.625 e. The van der Waals surface area contributed by atoms with Gasteiger partial charge in [-0.3, -0.25) is 4.79 Å². The van der Waals surface area contributed by atoms with Crippen LogP contribution in [0.15, 0.2) is 53.2 Å². The van der Waals surface area contributed by atoms with Gasteiger partial charge in [0.1, 0.15) is 11.6 Å². The lowest BCUT2D eigenvalue weighted by atomic mass is 9.83. The smallest absolute Gasteiger partial charge is 0.425 e. The molecule has 0 aromatic heterocycles. The van der Waals surface area contributed by atoms with Crippen LogP contribution in [0.5, 0.6) is 0 Å². The highest BCUT2D eigenvalue weighted by Crippen LogP contribution is 2.31.